The number of esters is 2. The standard InChI is InChI=1S/C41H44N2O4P.C5H5.Fe/c1-5-40(24-23-36(44)46-3)27-32(38(45)47-4)37-41(33-20-12-13-21-34(33)42-37)25-26-43(39(40)41)28(2)31-19-14-22-35(31)48(29-15-8-6-9-16-29)30-17-10-7-11-18-30;1-2-4-5-3-1;/h6-22,28,39,42H,5,23-27H2,1-4H3;1-5H;/q;;+2/t28-,39+,40-,41+;;/m0../s1. The van der Waals surface area contributed by atoms with E-state index in [0.29, 0.717) is 24.8 Å². The maximum Gasteiger partial charge on any atom is 2.00 e. The van der Waals surface area contributed by atoms with Crippen LogP contribution in [0.5, 0.6) is 0 Å². The zero-order chi connectivity index (χ0) is 37.0. The first-order valence-corrected chi connectivity index (χ1v) is 20.1. The van der Waals surface area contributed by atoms with Gasteiger partial charge in [0.15, 0.2) is 0 Å². The molecule has 0 bridgehead atoms. The van der Waals surface area contributed by atoms with Crippen molar-refractivity contribution in [3.05, 3.63) is 165 Å². The molecule has 10 radical (unpaired) electrons. The summed E-state index contributed by atoms with van der Waals surface area (Å²) in [7, 11) is 2.14. The zero-order valence-electron chi connectivity index (χ0n) is 31.5. The summed E-state index contributed by atoms with van der Waals surface area (Å²) in [4.78, 5) is 29.1. The average molecular weight is 781 g/mol. The number of carbonyl (C=O) groups is 2. The number of carbonyl (C=O) groups excluding carboxylic acids is 2. The second-order valence-electron chi connectivity index (χ2n) is 14.4. The molecule has 1 saturated heterocycles. The smallest absolute Gasteiger partial charge is 0.469 e. The molecule has 2 aliphatic heterocycles. The normalized spacial score (nSPS) is 25.5. The van der Waals surface area contributed by atoms with Crippen molar-refractivity contribution in [3.63, 3.8) is 0 Å². The molecular weight excluding hydrogens is 731 g/mol. The minimum Gasteiger partial charge on any atom is -0.469 e. The molecule has 2 saturated carbocycles. The predicted octanol–water partition coefficient (Wildman–Crippen LogP) is 7.88. The van der Waals surface area contributed by atoms with Crippen molar-refractivity contribution in [1.82, 2.24) is 4.90 Å². The molecule has 0 unspecified atom stereocenters. The number of nitrogens with one attached hydrogen (secondary N) is 1. The summed E-state index contributed by atoms with van der Waals surface area (Å²) in [5, 5.41) is 6.39. The predicted molar refractivity (Wildman–Crippen MR) is 214 cm³/mol. The van der Waals surface area contributed by atoms with Gasteiger partial charge in [0.05, 0.1) is 25.2 Å². The van der Waals surface area contributed by atoms with E-state index in [0.717, 1.165) is 30.8 Å². The molecule has 5 aliphatic rings. The quantitative estimate of drug-likeness (QED) is 0.128. The summed E-state index contributed by atoms with van der Waals surface area (Å²) >= 11 is 0. The van der Waals surface area contributed by atoms with Crippen LogP contribution in [-0.4, -0.2) is 49.7 Å². The fraction of sp³-hybridized carbons (Fsp3) is 0.304. The fourth-order valence-electron chi connectivity index (χ4n) is 9.47. The molecule has 3 aromatic rings. The van der Waals surface area contributed by atoms with Crippen LogP contribution in [0.25, 0.3) is 0 Å². The third-order valence-corrected chi connectivity index (χ3v) is 14.4. The third kappa shape index (κ3) is 7.48. The topological polar surface area (TPSA) is 67.9 Å². The number of rotatable bonds is 10. The molecule has 54 heavy (non-hydrogen) atoms. The Hall–Kier alpha value is -2.95. The van der Waals surface area contributed by atoms with Crippen molar-refractivity contribution in [3.8, 4) is 0 Å². The van der Waals surface area contributed by atoms with E-state index in [1.54, 1.807) is 0 Å². The second-order valence-corrected chi connectivity index (χ2v) is 16.5. The molecular formula is C46H49FeN2O4P+2. The molecule has 3 fully saturated rings. The molecule has 3 aromatic carbocycles. The van der Waals surface area contributed by atoms with Gasteiger partial charge in [-0.25, -0.2) is 4.79 Å². The molecule has 2 heterocycles. The number of para-hydroxylation sites is 1. The van der Waals surface area contributed by atoms with E-state index in [4.69, 9.17) is 9.47 Å². The Bertz CT molecular complexity index is 1720. The summed E-state index contributed by atoms with van der Waals surface area (Å²) in [6.07, 6.45) is 20.0. The number of ether oxygens (including phenoxy) is 2. The summed E-state index contributed by atoms with van der Waals surface area (Å²) in [5.74, 6) is 0.830. The van der Waals surface area contributed by atoms with Gasteiger partial charge in [0.2, 0.25) is 0 Å². The van der Waals surface area contributed by atoms with Gasteiger partial charge in [-0.05, 0) is 120 Å². The number of benzene rings is 3. The van der Waals surface area contributed by atoms with Crippen LogP contribution in [0.3, 0.4) is 0 Å². The Kier molecular flexibility index (Phi) is 13.5. The number of likely N-dealkylation sites (tertiary alicyclic amines) is 1. The van der Waals surface area contributed by atoms with E-state index in [1.165, 1.54) is 42.0 Å². The first kappa shape index (κ1) is 40.7. The SMILES string of the molecule is CC[C@]1(CCC(=O)OC)CC(C(=O)OC)=C2Nc3ccccc3[C@]23CCN([C@@H](C)[C]2[CH][CH][CH][C]2P(c2ccccc2)c2ccccc2)[C@H]13.[CH]1[CH][CH][CH][CH]1.[Fe+2]. The van der Waals surface area contributed by atoms with Crippen molar-refractivity contribution < 1.29 is 36.1 Å². The number of anilines is 1. The monoisotopic (exact) mass is 780 g/mol. The van der Waals surface area contributed by atoms with Gasteiger partial charge in [-0.15, -0.1) is 0 Å². The Morgan fingerprint density at radius 2 is 1.46 bits per heavy atom. The summed E-state index contributed by atoms with van der Waals surface area (Å²) < 4.78 is 10.6. The number of hydrogen-bond donors (Lipinski definition) is 1. The van der Waals surface area contributed by atoms with Crippen molar-refractivity contribution in [2.75, 3.05) is 26.1 Å². The first-order valence-electron chi connectivity index (χ1n) is 18.7. The molecule has 4 atom stereocenters. The van der Waals surface area contributed by atoms with Crippen molar-refractivity contribution in [2.24, 2.45) is 5.41 Å². The van der Waals surface area contributed by atoms with Crippen molar-refractivity contribution in [2.45, 2.75) is 63.5 Å². The van der Waals surface area contributed by atoms with Gasteiger partial charge in [-0.3, -0.25) is 9.69 Å². The van der Waals surface area contributed by atoms with E-state index < -0.39 is 13.3 Å². The summed E-state index contributed by atoms with van der Waals surface area (Å²) in [6.45, 7) is 5.44. The van der Waals surface area contributed by atoms with Gasteiger partial charge in [0, 0.05) is 48.0 Å². The van der Waals surface area contributed by atoms with Crippen LogP contribution in [0.15, 0.2) is 96.2 Å². The number of fused-ring (bicyclic) bond motifs is 1. The molecule has 278 valence electrons. The average Bonchev–Trinajstić information content (AvgIpc) is 4.05. The van der Waals surface area contributed by atoms with Crippen LogP contribution >= 0.6 is 7.92 Å². The van der Waals surface area contributed by atoms with Gasteiger partial charge in [0.25, 0.3) is 0 Å². The summed E-state index contributed by atoms with van der Waals surface area (Å²) in [5.41, 5.74) is 4.54. The van der Waals surface area contributed by atoms with Gasteiger partial charge in [-0.2, -0.15) is 0 Å². The largest absolute Gasteiger partial charge is 2.00 e. The summed E-state index contributed by atoms with van der Waals surface area (Å²) in [6, 6.07) is 30.4. The Balaban J connectivity index is 0.000000767. The number of hydrogen-bond acceptors (Lipinski definition) is 6. The van der Waals surface area contributed by atoms with Crippen LogP contribution in [-0.2, 0) is 41.5 Å². The fourth-order valence-corrected chi connectivity index (χ4v) is 12.0. The van der Waals surface area contributed by atoms with Crippen molar-refractivity contribution >= 4 is 36.2 Å². The van der Waals surface area contributed by atoms with E-state index >= 15 is 0 Å². The van der Waals surface area contributed by atoms with Crippen LogP contribution in [0, 0.1) is 68.4 Å². The van der Waals surface area contributed by atoms with Gasteiger partial charge in [-0.1, -0.05) is 85.8 Å². The van der Waals surface area contributed by atoms with Gasteiger partial charge in [0.1, 0.15) is 0 Å². The van der Waals surface area contributed by atoms with E-state index in [2.05, 4.69) is 128 Å². The van der Waals surface area contributed by atoms with E-state index in [9.17, 15) is 9.59 Å². The molecule has 6 nitrogen and oxygen atoms in total. The number of methoxy groups -OCH3 is 2. The third-order valence-electron chi connectivity index (χ3n) is 11.9. The van der Waals surface area contributed by atoms with E-state index in [1.807, 2.05) is 32.1 Å². The van der Waals surface area contributed by atoms with E-state index in [-0.39, 0.29) is 46.5 Å². The maximum atomic E-state index is 13.6. The second kappa shape index (κ2) is 17.9. The Labute approximate surface area is 335 Å². The molecule has 1 N–H and O–H groups in total. The minimum absolute atomic E-state index is 0. The molecule has 8 rings (SSSR count). The van der Waals surface area contributed by atoms with Crippen LogP contribution < -0.4 is 15.9 Å². The van der Waals surface area contributed by atoms with Crippen LogP contribution in [0.1, 0.15) is 51.5 Å². The van der Waals surface area contributed by atoms with Crippen molar-refractivity contribution in [1.29, 1.82) is 0 Å². The zero-order valence-corrected chi connectivity index (χ0v) is 33.5. The Morgan fingerprint density at radius 3 is 2.06 bits per heavy atom. The maximum absolute atomic E-state index is 13.6. The molecule has 3 aliphatic carbocycles. The minimum atomic E-state index is -0.785. The first-order chi connectivity index (χ1) is 25.9. The molecule has 1 spiro atoms. The van der Waals surface area contributed by atoms with Crippen LogP contribution in [0.4, 0.5) is 5.69 Å². The van der Waals surface area contributed by atoms with Gasteiger partial charge < -0.3 is 14.8 Å². The van der Waals surface area contributed by atoms with Crippen LogP contribution in [0.2, 0.25) is 0 Å². The molecule has 0 amide bonds. The molecule has 0 aromatic heterocycles. The van der Waals surface area contributed by atoms with Gasteiger partial charge >= 0.3 is 29.0 Å². The molecule has 8 heteroatoms. The Morgan fingerprint density at radius 1 is 0.852 bits per heavy atom. The number of nitrogens with zero attached hydrogens (tertiary/aromatic N) is 1.